The number of aromatic nitrogens is 1. The minimum Gasteiger partial charge on any atom is -0.477 e. The number of rotatable bonds is 9. The van der Waals surface area contributed by atoms with E-state index >= 15 is 0 Å². The van der Waals surface area contributed by atoms with Crippen LogP contribution in [0.25, 0.3) is 0 Å². The van der Waals surface area contributed by atoms with E-state index in [4.69, 9.17) is 4.74 Å². The van der Waals surface area contributed by atoms with Crippen LogP contribution in [0.5, 0.6) is 5.88 Å². The Morgan fingerprint density at radius 2 is 1.93 bits per heavy atom. The Kier molecular flexibility index (Phi) is 5.39. The van der Waals surface area contributed by atoms with E-state index in [1.807, 2.05) is 49.5 Å². The number of hydrogen-bond acceptors (Lipinski definition) is 4. The van der Waals surface area contributed by atoms with E-state index in [-0.39, 0.29) is 11.9 Å². The van der Waals surface area contributed by atoms with E-state index < -0.39 is 0 Å². The average molecular weight is 365 g/mol. The van der Waals surface area contributed by atoms with Crippen molar-refractivity contribution < 1.29 is 9.53 Å². The van der Waals surface area contributed by atoms with Gasteiger partial charge in [0.1, 0.15) is 5.69 Å². The van der Waals surface area contributed by atoms with Crippen LogP contribution in [0.3, 0.4) is 0 Å². The SMILES string of the molecule is CNC[C@@H](NC(=O)c1ccc(C2CC2)c(OCC2CC2)n1)c1ccccc1. The third-order valence-electron chi connectivity index (χ3n) is 5.21. The molecule has 1 amide bonds. The smallest absolute Gasteiger partial charge is 0.270 e. The van der Waals surface area contributed by atoms with Crippen molar-refractivity contribution in [3.05, 3.63) is 59.3 Å². The van der Waals surface area contributed by atoms with Gasteiger partial charge in [0.05, 0.1) is 12.6 Å². The van der Waals surface area contributed by atoms with Crippen LogP contribution in [0, 0.1) is 5.92 Å². The molecule has 2 aliphatic rings. The predicted molar refractivity (Wildman–Crippen MR) is 105 cm³/mol. The van der Waals surface area contributed by atoms with Gasteiger partial charge in [0, 0.05) is 12.1 Å². The van der Waals surface area contributed by atoms with E-state index in [0.29, 0.717) is 36.6 Å². The number of nitrogens with one attached hydrogen (secondary N) is 2. The summed E-state index contributed by atoms with van der Waals surface area (Å²) in [7, 11) is 1.88. The molecule has 0 aliphatic heterocycles. The lowest BCUT2D eigenvalue weighted by atomic mass is 10.1. The van der Waals surface area contributed by atoms with Gasteiger partial charge in [0.15, 0.2) is 0 Å². The third kappa shape index (κ3) is 4.66. The maximum atomic E-state index is 12.8. The molecule has 142 valence electrons. The molecule has 0 spiro atoms. The van der Waals surface area contributed by atoms with Crippen LogP contribution in [0.15, 0.2) is 42.5 Å². The van der Waals surface area contributed by atoms with Gasteiger partial charge in [-0.25, -0.2) is 4.98 Å². The first kappa shape index (κ1) is 18.0. The Hall–Kier alpha value is -2.40. The lowest BCUT2D eigenvalue weighted by molar-refractivity contribution is 0.0930. The average Bonchev–Trinajstić information content (AvgIpc) is 3.60. The quantitative estimate of drug-likeness (QED) is 0.715. The van der Waals surface area contributed by atoms with Gasteiger partial charge in [0.25, 0.3) is 5.91 Å². The monoisotopic (exact) mass is 365 g/mol. The first-order valence-corrected chi connectivity index (χ1v) is 9.88. The molecule has 2 saturated carbocycles. The Morgan fingerprint density at radius 1 is 1.15 bits per heavy atom. The topological polar surface area (TPSA) is 63.2 Å². The standard InChI is InChI=1S/C22H27N3O2/c1-23-13-20(17-5-3-2-4-6-17)24-21(26)19-12-11-18(16-9-10-16)22(25-19)27-14-15-7-8-15/h2-6,11-12,15-16,20,23H,7-10,13-14H2,1H3,(H,24,26)/t20-/m1/s1. The second-order valence-corrected chi connectivity index (χ2v) is 7.61. The maximum absolute atomic E-state index is 12.8. The summed E-state index contributed by atoms with van der Waals surface area (Å²) < 4.78 is 5.99. The zero-order chi connectivity index (χ0) is 18.6. The first-order chi connectivity index (χ1) is 13.2. The van der Waals surface area contributed by atoms with Crippen LogP contribution in [0.1, 0.15) is 59.3 Å². The van der Waals surface area contributed by atoms with Crippen LogP contribution < -0.4 is 15.4 Å². The molecular weight excluding hydrogens is 338 g/mol. The molecule has 5 heteroatoms. The van der Waals surface area contributed by atoms with Gasteiger partial charge in [-0.1, -0.05) is 36.4 Å². The molecule has 5 nitrogen and oxygen atoms in total. The summed E-state index contributed by atoms with van der Waals surface area (Å²) in [5, 5.41) is 6.25. The van der Waals surface area contributed by atoms with E-state index in [1.54, 1.807) is 0 Å². The molecule has 1 heterocycles. The minimum atomic E-state index is -0.169. The Bertz CT molecular complexity index is 785. The van der Waals surface area contributed by atoms with Crippen molar-refractivity contribution in [3.63, 3.8) is 0 Å². The second-order valence-electron chi connectivity index (χ2n) is 7.61. The highest BCUT2D eigenvalue weighted by Crippen LogP contribution is 2.44. The van der Waals surface area contributed by atoms with Crippen LogP contribution >= 0.6 is 0 Å². The normalized spacial score (nSPS) is 17.4. The number of carbonyl (C=O) groups excluding carboxylic acids is 1. The Labute approximate surface area is 160 Å². The number of amides is 1. The molecule has 2 aliphatic carbocycles. The van der Waals surface area contributed by atoms with E-state index in [1.165, 1.54) is 25.7 Å². The summed E-state index contributed by atoms with van der Waals surface area (Å²) in [5.74, 6) is 1.69. The van der Waals surface area contributed by atoms with E-state index in [9.17, 15) is 4.79 Å². The van der Waals surface area contributed by atoms with Gasteiger partial charge in [0.2, 0.25) is 5.88 Å². The number of hydrogen-bond donors (Lipinski definition) is 2. The predicted octanol–water partition coefficient (Wildman–Crippen LogP) is 3.44. The summed E-state index contributed by atoms with van der Waals surface area (Å²) in [6.45, 7) is 1.37. The molecule has 27 heavy (non-hydrogen) atoms. The van der Waals surface area contributed by atoms with Gasteiger partial charge in [-0.05, 0) is 56.2 Å². The van der Waals surface area contributed by atoms with Crippen molar-refractivity contribution in [2.75, 3.05) is 20.2 Å². The first-order valence-electron chi connectivity index (χ1n) is 9.88. The fourth-order valence-electron chi connectivity index (χ4n) is 3.25. The molecule has 2 fully saturated rings. The highest BCUT2D eigenvalue weighted by Gasteiger charge is 2.30. The zero-order valence-electron chi connectivity index (χ0n) is 15.8. The van der Waals surface area contributed by atoms with E-state index in [2.05, 4.69) is 15.6 Å². The largest absolute Gasteiger partial charge is 0.477 e. The fourth-order valence-corrected chi connectivity index (χ4v) is 3.25. The molecule has 1 atom stereocenters. The van der Waals surface area contributed by atoms with Crippen LogP contribution in [0.2, 0.25) is 0 Å². The molecule has 0 bridgehead atoms. The highest BCUT2D eigenvalue weighted by atomic mass is 16.5. The molecule has 1 aromatic heterocycles. The van der Waals surface area contributed by atoms with E-state index in [0.717, 1.165) is 11.1 Å². The highest BCUT2D eigenvalue weighted by molar-refractivity contribution is 5.92. The molecule has 2 N–H and O–H groups in total. The molecule has 0 radical (unpaired) electrons. The number of benzene rings is 1. The van der Waals surface area contributed by atoms with Gasteiger partial charge in [-0.3, -0.25) is 4.79 Å². The van der Waals surface area contributed by atoms with Crippen molar-refractivity contribution in [2.24, 2.45) is 5.92 Å². The minimum absolute atomic E-state index is 0.107. The number of likely N-dealkylation sites (N-methyl/N-ethyl adjacent to an activating group) is 1. The molecule has 0 saturated heterocycles. The summed E-state index contributed by atoms with van der Waals surface area (Å²) in [4.78, 5) is 17.4. The number of carbonyl (C=O) groups is 1. The van der Waals surface area contributed by atoms with Crippen LogP contribution in [0.4, 0.5) is 0 Å². The van der Waals surface area contributed by atoms with Crippen molar-refractivity contribution >= 4 is 5.91 Å². The lowest BCUT2D eigenvalue weighted by Gasteiger charge is -2.19. The van der Waals surface area contributed by atoms with Crippen LogP contribution in [-0.2, 0) is 0 Å². The summed E-state index contributed by atoms with van der Waals surface area (Å²) in [6.07, 6.45) is 4.85. The van der Waals surface area contributed by atoms with Gasteiger partial charge < -0.3 is 15.4 Å². The second kappa shape index (κ2) is 8.09. The number of pyridine rings is 1. The third-order valence-corrected chi connectivity index (χ3v) is 5.21. The van der Waals surface area contributed by atoms with Gasteiger partial charge in [-0.15, -0.1) is 0 Å². The summed E-state index contributed by atoms with van der Waals surface area (Å²) in [6, 6.07) is 13.7. The van der Waals surface area contributed by atoms with Crippen molar-refractivity contribution in [1.82, 2.24) is 15.6 Å². The molecule has 0 unspecified atom stereocenters. The number of nitrogens with zero attached hydrogens (tertiary/aromatic N) is 1. The number of ether oxygens (including phenoxy) is 1. The molecule has 2 aromatic rings. The van der Waals surface area contributed by atoms with Gasteiger partial charge >= 0.3 is 0 Å². The maximum Gasteiger partial charge on any atom is 0.270 e. The molecule has 4 rings (SSSR count). The van der Waals surface area contributed by atoms with Crippen molar-refractivity contribution in [2.45, 2.75) is 37.6 Å². The molecular formula is C22H27N3O2. The summed E-state index contributed by atoms with van der Waals surface area (Å²) in [5.41, 5.74) is 2.64. The van der Waals surface area contributed by atoms with Gasteiger partial charge in [-0.2, -0.15) is 0 Å². The summed E-state index contributed by atoms with van der Waals surface area (Å²) >= 11 is 0. The Morgan fingerprint density at radius 3 is 2.59 bits per heavy atom. The fraction of sp³-hybridized carbons (Fsp3) is 0.455. The van der Waals surface area contributed by atoms with Crippen molar-refractivity contribution in [1.29, 1.82) is 0 Å². The van der Waals surface area contributed by atoms with Crippen molar-refractivity contribution in [3.8, 4) is 5.88 Å². The zero-order valence-corrected chi connectivity index (χ0v) is 15.8. The molecule has 1 aromatic carbocycles. The lowest BCUT2D eigenvalue weighted by Crippen LogP contribution is -2.35. The Balaban J connectivity index is 1.50. The van der Waals surface area contributed by atoms with Crippen LogP contribution in [-0.4, -0.2) is 31.1 Å².